The summed E-state index contributed by atoms with van der Waals surface area (Å²) in [6.45, 7) is 4.55. The van der Waals surface area contributed by atoms with Crippen LogP contribution in [0.3, 0.4) is 0 Å². The van der Waals surface area contributed by atoms with Gasteiger partial charge in [0.15, 0.2) is 0 Å². The smallest absolute Gasteiger partial charge is 0.225 e. The Balaban J connectivity index is 1.98. The van der Waals surface area contributed by atoms with E-state index in [9.17, 15) is 9.90 Å². The van der Waals surface area contributed by atoms with Gasteiger partial charge in [-0.05, 0) is 31.5 Å². The van der Waals surface area contributed by atoms with Gasteiger partial charge in [0.25, 0.3) is 0 Å². The number of hydrogen-bond donors (Lipinski definition) is 2. The molecule has 1 aromatic carbocycles. The molecular weight excluding hydrogens is 256 g/mol. The van der Waals surface area contributed by atoms with E-state index in [0.29, 0.717) is 6.54 Å². The van der Waals surface area contributed by atoms with E-state index in [0.717, 1.165) is 11.4 Å². The van der Waals surface area contributed by atoms with Gasteiger partial charge < -0.3 is 10.4 Å². The van der Waals surface area contributed by atoms with Crippen LogP contribution < -0.4 is 5.32 Å². The van der Waals surface area contributed by atoms with Gasteiger partial charge in [0.05, 0.1) is 12.5 Å². The van der Waals surface area contributed by atoms with Gasteiger partial charge in [0, 0.05) is 6.54 Å². The second-order valence-electron chi connectivity index (χ2n) is 4.57. The van der Waals surface area contributed by atoms with Crippen molar-refractivity contribution in [2.24, 2.45) is 0 Å². The molecule has 0 spiro atoms. The van der Waals surface area contributed by atoms with Gasteiger partial charge in [0.1, 0.15) is 17.9 Å². The lowest BCUT2D eigenvalue weighted by molar-refractivity contribution is -0.121. The van der Waals surface area contributed by atoms with E-state index in [-0.39, 0.29) is 24.1 Å². The average molecular weight is 274 g/mol. The maximum absolute atomic E-state index is 12.0. The summed E-state index contributed by atoms with van der Waals surface area (Å²) in [6.07, 6.45) is 1.70. The number of carbonyl (C=O) groups excluding carboxylic acids is 1. The molecule has 2 rings (SSSR count). The van der Waals surface area contributed by atoms with Gasteiger partial charge in [-0.2, -0.15) is 5.10 Å². The number of aromatic nitrogens is 3. The van der Waals surface area contributed by atoms with Crippen molar-refractivity contribution in [2.75, 3.05) is 0 Å². The molecule has 6 heteroatoms. The molecule has 106 valence electrons. The van der Waals surface area contributed by atoms with Crippen LogP contribution in [0.5, 0.6) is 5.75 Å². The third-order valence-corrected chi connectivity index (χ3v) is 2.99. The number of nitrogens with one attached hydrogen (secondary N) is 1. The normalized spacial score (nSPS) is 12.1. The first kappa shape index (κ1) is 14.0. The molecule has 1 heterocycles. The van der Waals surface area contributed by atoms with Crippen LogP contribution in [0.15, 0.2) is 30.6 Å². The molecule has 1 amide bonds. The maximum atomic E-state index is 12.0. The van der Waals surface area contributed by atoms with Gasteiger partial charge in [-0.3, -0.25) is 4.79 Å². The zero-order valence-corrected chi connectivity index (χ0v) is 11.6. The number of phenols is 1. The van der Waals surface area contributed by atoms with Crippen LogP contribution in [0.2, 0.25) is 0 Å². The number of benzene rings is 1. The molecule has 0 unspecified atom stereocenters. The molecule has 6 nitrogen and oxygen atoms in total. The number of amides is 1. The first-order valence-corrected chi connectivity index (χ1v) is 6.55. The fourth-order valence-corrected chi connectivity index (χ4v) is 2.06. The minimum absolute atomic E-state index is 0.117. The van der Waals surface area contributed by atoms with Crippen molar-refractivity contribution in [1.29, 1.82) is 0 Å². The van der Waals surface area contributed by atoms with Crippen molar-refractivity contribution < 1.29 is 9.90 Å². The largest absolute Gasteiger partial charge is 0.508 e. The quantitative estimate of drug-likeness (QED) is 0.864. The SMILES string of the molecule is CCn1ncnc1[C@H](C)NC(=O)Cc1cccc(O)c1. The highest BCUT2D eigenvalue weighted by atomic mass is 16.3. The Morgan fingerprint density at radius 2 is 2.30 bits per heavy atom. The van der Waals surface area contributed by atoms with Crippen LogP contribution in [-0.4, -0.2) is 25.8 Å². The maximum Gasteiger partial charge on any atom is 0.225 e. The Morgan fingerprint density at radius 3 is 3.00 bits per heavy atom. The standard InChI is InChI=1S/C14H18N4O2/c1-3-18-14(15-9-16-18)10(2)17-13(20)8-11-5-4-6-12(19)7-11/h4-7,9-10,19H,3,8H2,1-2H3,(H,17,20)/t10-/m0/s1. The summed E-state index contributed by atoms with van der Waals surface area (Å²) < 4.78 is 1.75. The summed E-state index contributed by atoms with van der Waals surface area (Å²) in [5, 5.41) is 16.3. The van der Waals surface area contributed by atoms with Crippen LogP contribution in [0, 0.1) is 0 Å². The molecule has 0 saturated carbocycles. The van der Waals surface area contributed by atoms with Crippen molar-refractivity contribution in [3.63, 3.8) is 0 Å². The third-order valence-electron chi connectivity index (χ3n) is 2.99. The summed E-state index contributed by atoms with van der Waals surface area (Å²) in [5.74, 6) is 0.777. The molecule has 0 fully saturated rings. The summed E-state index contributed by atoms with van der Waals surface area (Å²) in [4.78, 5) is 16.1. The number of phenolic OH excluding ortho intramolecular Hbond substituents is 1. The molecule has 0 saturated heterocycles. The summed E-state index contributed by atoms with van der Waals surface area (Å²) in [5.41, 5.74) is 0.770. The molecule has 2 N–H and O–H groups in total. The van der Waals surface area contributed by atoms with Crippen molar-refractivity contribution in [2.45, 2.75) is 32.9 Å². The first-order valence-electron chi connectivity index (χ1n) is 6.55. The fourth-order valence-electron chi connectivity index (χ4n) is 2.06. The van der Waals surface area contributed by atoms with E-state index in [1.165, 1.54) is 6.33 Å². The predicted octanol–water partition coefficient (Wildman–Crippen LogP) is 1.42. The first-order chi connectivity index (χ1) is 9.60. The van der Waals surface area contributed by atoms with E-state index in [1.807, 2.05) is 13.8 Å². The number of aryl methyl sites for hydroxylation is 1. The van der Waals surface area contributed by atoms with Crippen molar-refractivity contribution in [3.8, 4) is 5.75 Å². The van der Waals surface area contributed by atoms with Crippen LogP contribution in [0.4, 0.5) is 0 Å². The summed E-state index contributed by atoms with van der Waals surface area (Å²) in [6, 6.07) is 6.47. The van der Waals surface area contributed by atoms with E-state index in [1.54, 1.807) is 28.9 Å². The molecule has 2 aromatic rings. The second kappa shape index (κ2) is 6.18. The van der Waals surface area contributed by atoms with Crippen LogP contribution in [0.25, 0.3) is 0 Å². The lowest BCUT2D eigenvalue weighted by atomic mass is 10.1. The molecule has 1 aromatic heterocycles. The number of aromatic hydroxyl groups is 1. The highest BCUT2D eigenvalue weighted by molar-refractivity contribution is 5.79. The molecule has 0 radical (unpaired) electrons. The Kier molecular flexibility index (Phi) is 4.34. The van der Waals surface area contributed by atoms with E-state index in [4.69, 9.17) is 0 Å². The molecule has 0 aliphatic rings. The molecule has 0 bridgehead atoms. The lowest BCUT2D eigenvalue weighted by Crippen LogP contribution is -2.30. The van der Waals surface area contributed by atoms with E-state index < -0.39 is 0 Å². The Hall–Kier alpha value is -2.37. The number of hydrogen-bond acceptors (Lipinski definition) is 4. The Bertz CT molecular complexity index is 594. The fraction of sp³-hybridized carbons (Fsp3) is 0.357. The minimum Gasteiger partial charge on any atom is -0.508 e. The second-order valence-corrected chi connectivity index (χ2v) is 4.57. The van der Waals surface area contributed by atoms with Crippen molar-refractivity contribution in [1.82, 2.24) is 20.1 Å². The van der Waals surface area contributed by atoms with Crippen molar-refractivity contribution >= 4 is 5.91 Å². The number of nitrogens with zero attached hydrogens (tertiary/aromatic N) is 3. The van der Waals surface area contributed by atoms with Crippen LogP contribution in [0.1, 0.15) is 31.3 Å². The Morgan fingerprint density at radius 1 is 1.50 bits per heavy atom. The van der Waals surface area contributed by atoms with Gasteiger partial charge in [0.2, 0.25) is 5.91 Å². The molecule has 0 aliphatic carbocycles. The third kappa shape index (κ3) is 3.34. The van der Waals surface area contributed by atoms with Gasteiger partial charge >= 0.3 is 0 Å². The highest BCUT2D eigenvalue weighted by Crippen LogP contribution is 2.12. The average Bonchev–Trinajstić information content (AvgIpc) is 2.86. The number of carbonyl (C=O) groups is 1. The Labute approximate surface area is 117 Å². The molecule has 0 aliphatic heterocycles. The lowest BCUT2D eigenvalue weighted by Gasteiger charge is -2.14. The van der Waals surface area contributed by atoms with Crippen LogP contribution in [-0.2, 0) is 17.8 Å². The minimum atomic E-state index is -0.206. The van der Waals surface area contributed by atoms with Gasteiger partial charge in [-0.25, -0.2) is 9.67 Å². The molecule has 1 atom stereocenters. The zero-order valence-electron chi connectivity index (χ0n) is 11.6. The topological polar surface area (TPSA) is 80.0 Å². The van der Waals surface area contributed by atoms with Gasteiger partial charge in [-0.15, -0.1) is 0 Å². The summed E-state index contributed by atoms with van der Waals surface area (Å²) >= 11 is 0. The van der Waals surface area contributed by atoms with Crippen LogP contribution >= 0.6 is 0 Å². The zero-order chi connectivity index (χ0) is 14.5. The molecule has 20 heavy (non-hydrogen) atoms. The van der Waals surface area contributed by atoms with E-state index in [2.05, 4.69) is 15.4 Å². The van der Waals surface area contributed by atoms with Gasteiger partial charge in [-0.1, -0.05) is 12.1 Å². The predicted molar refractivity (Wildman–Crippen MR) is 74.1 cm³/mol. The van der Waals surface area contributed by atoms with Crippen molar-refractivity contribution in [3.05, 3.63) is 42.0 Å². The molecular formula is C14H18N4O2. The number of rotatable bonds is 5. The van der Waals surface area contributed by atoms with E-state index >= 15 is 0 Å². The monoisotopic (exact) mass is 274 g/mol. The highest BCUT2D eigenvalue weighted by Gasteiger charge is 2.15. The summed E-state index contributed by atoms with van der Waals surface area (Å²) in [7, 11) is 0.